The number of ketones is 1. The monoisotopic (exact) mass is 326 g/mol. The van der Waals surface area contributed by atoms with Gasteiger partial charge in [0.05, 0.1) is 18.1 Å². The lowest BCUT2D eigenvalue weighted by Gasteiger charge is -2.08. The van der Waals surface area contributed by atoms with Gasteiger partial charge in [-0.2, -0.15) is 0 Å². The molecule has 1 aromatic heterocycles. The molecule has 0 radical (unpaired) electrons. The lowest BCUT2D eigenvalue weighted by atomic mass is 10.0. The number of esters is 1. The Morgan fingerprint density at radius 1 is 1.17 bits per heavy atom. The van der Waals surface area contributed by atoms with Gasteiger partial charge in [0, 0.05) is 6.42 Å². The van der Waals surface area contributed by atoms with Gasteiger partial charge in [0.25, 0.3) is 0 Å². The van der Waals surface area contributed by atoms with Crippen molar-refractivity contribution in [2.45, 2.75) is 13.3 Å². The standard InChI is InChI=1S/C18H14O6/c1-9(19)6-10-7-12(20)16-14(8-10)24-13-5-3-4-11(18(22)23-2)15(13)17(16)21/h3-5,7-8,20H,6H2,1-2H3. The maximum atomic E-state index is 12.8. The molecule has 0 spiro atoms. The van der Waals surface area contributed by atoms with Gasteiger partial charge in [0.15, 0.2) is 0 Å². The Morgan fingerprint density at radius 3 is 2.58 bits per heavy atom. The first-order valence-corrected chi connectivity index (χ1v) is 7.21. The lowest BCUT2D eigenvalue weighted by molar-refractivity contribution is -0.116. The van der Waals surface area contributed by atoms with Gasteiger partial charge in [-0.25, -0.2) is 4.79 Å². The molecule has 6 heteroatoms. The van der Waals surface area contributed by atoms with Crippen LogP contribution >= 0.6 is 0 Å². The van der Waals surface area contributed by atoms with E-state index in [9.17, 15) is 19.5 Å². The van der Waals surface area contributed by atoms with Crippen LogP contribution in [0.25, 0.3) is 21.9 Å². The number of aromatic hydroxyl groups is 1. The fraction of sp³-hybridized carbons (Fsp3) is 0.167. The van der Waals surface area contributed by atoms with Crippen molar-refractivity contribution >= 4 is 33.7 Å². The number of hydrogen-bond donors (Lipinski definition) is 1. The summed E-state index contributed by atoms with van der Waals surface area (Å²) >= 11 is 0. The quantitative estimate of drug-likeness (QED) is 0.587. The molecule has 0 bridgehead atoms. The van der Waals surface area contributed by atoms with Crippen LogP contribution in [0.1, 0.15) is 22.8 Å². The first-order valence-electron chi connectivity index (χ1n) is 7.21. The zero-order valence-corrected chi connectivity index (χ0v) is 13.1. The average Bonchev–Trinajstić information content (AvgIpc) is 2.52. The molecule has 6 nitrogen and oxygen atoms in total. The molecule has 0 atom stereocenters. The summed E-state index contributed by atoms with van der Waals surface area (Å²) in [5, 5.41) is 10.2. The summed E-state index contributed by atoms with van der Waals surface area (Å²) in [7, 11) is 1.22. The van der Waals surface area contributed by atoms with Crippen LogP contribution < -0.4 is 5.43 Å². The van der Waals surface area contributed by atoms with Crippen LogP contribution in [0.4, 0.5) is 0 Å². The summed E-state index contributed by atoms with van der Waals surface area (Å²) in [6.45, 7) is 1.43. The van der Waals surface area contributed by atoms with E-state index in [1.165, 1.54) is 26.2 Å². The van der Waals surface area contributed by atoms with E-state index in [1.54, 1.807) is 18.2 Å². The number of carbonyl (C=O) groups is 2. The molecule has 24 heavy (non-hydrogen) atoms. The van der Waals surface area contributed by atoms with Crippen molar-refractivity contribution in [3.05, 3.63) is 51.7 Å². The first-order chi connectivity index (χ1) is 11.4. The Morgan fingerprint density at radius 2 is 1.92 bits per heavy atom. The van der Waals surface area contributed by atoms with E-state index in [1.807, 2.05) is 0 Å². The van der Waals surface area contributed by atoms with Crippen LogP contribution in [0.5, 0.6) is 5.75 Å². The Balaban J connectivity index is 2.40. The third-order valence-corrected chi connectivity index (χ3v) is 3.70. The van der Waals surface area contributed by atoms with Gasteiger partial charge in [-0.15, -0.1) is 0 Å². The molecule has 1 N–H and O–H groups in total. The molecule has 3 rings (SSSR count). The second kappa shape index (κ2) is 5.81. The zero-order valence-electron chi connectivity index (χ0n) is 13.1. The van der Waals surface area contributed by atoms with Crippen molar-refractivity contribution in [2.24, 2.45) is 0 Å². The van der Waals surface area contributed by atoms with Crippen LogP contribution in [0.3, 0.4) is 0 Å². The molecule has 3 aromatic rings. The Labute approximate surface area is 136 Å². The van der Waals surface area contributed by atoms with Crippen molar-refractivity contribution in [2.75, 3.05) is 7.11 Å². The van der Waals surface area contributed by atoms with Gasteiger partial charge in [-0.1, -0.05) is 6.07 Å². The van der Waals surface area contributed by atoms with Gasteiger partial charge < -0.3 is 14.3 Å². The third kappa shape index (κ3) is 2.52. The van der Waals surface area contributed by atoms with Crippen LogP contribution in [-0.4, -0.2) is 24.0 Å². The van der Waals surface area contributed by atoms with E-state index >= 15 is 0 Å². The molecular weight excluding hydrogens is 312 g/mol. The predicted molar refractivity (Wildman–Crippen MR) is 87.4 cm³/mol. The fourth-order valence-corrected chi connectivity index (χ4v) is 2.73. The Kier molecular flexibility index (Phi) is 3.81. The zero-order chi connectivity index (χ0) is 17.4. The van der Waals surface area contributed by atoms with Crippen LogP contribution in [0.2, 0.25) is 0 Å². The summed E-state index contributed by atoms with van der Waals surface area (Å²) < 4.78 is 10.4. The van der Waals surface area contributed by atoms with Crippen molar-refractivity contribution in [3.8, 4) is 5.75 Å². The molecule has 0 saturated carbocycles. The number of phenolic OH excluding ortho intramolecular Hbond substituents is 1. The SMILES string of the molecule is COC(=O)c1cccc2oc3cc(CC(C)=O)cc(O)c3c(=O)c12. The van der Waals surface area contributed by atoms with E-state index in [0.717, 1.165) is 0 Å². The fourth-order valence-electron chi connectivity index (χ4n) is 2.73. The van der Waals surface area contributed by atoms with Crippen LogP contribution in [0, 0.1) is 0 Å². The minimum absolute atomic E-state index is 0.0360. The summed E-state index contributed by atoms with van der Waals surface area (Å²) in [6, 6.07) is 7.48. The number of rotatable bonds is 3. The molecule has 0 aliphatic rings. The topological polar surface area (TPSA) is 93.8 Å². The number of methoxy groups -OCH3 is 1. The molecule has 1 heterocycles. The number of ether oxygens (including phenoxy) is 1. The second-order valence-electron chi connectivity index (χ2n) is 5.47. The third-order valence-electron chi connectivity index (χ3n) is 3.70. The van der Waals surface area contributed by atoms with E-state index in [4.69, 9.17) is 4.42 Å². The average molecular weight is 326 g/mol. The molecule has 0 saturated heterocycles. The summed E-state index contributed by atoms with van der Waals surface area (Å²) in [6.07, 6.45) is 0.118. The molecule has 0 aliphatic heterocycles. The Bertz CT molecular complexity index is 1040. The molecular formula is C18H14O6. The molecule has 0 aliphatic carbocycles. The van der Waals surface area contributed by atoms with E-state index in [2.05, 4.69) is 4.74 Å². The highest BCUT2D eigenvalue weighted by Gasteiger charge is 2.19. The minimum Gasteiger partial charge on any atom is -0.507 e. The lowest BCUT2D eigenvalue weighted by Crippen LogP contribution is -2.10. The predicted octanol–water partition coefficient (Wildman–Crippen LogP) is 2.57. The summed E-state index contributed by atoms with van der Waals surface area (Å²) in [4.78, 5) is 35.9. The van der Waals surface area contributed by atoms with E-state index in [-0.39, 0.29) is 45.5 Å². The summed E-state index contributed by atoms with van der Waals surface area (Å²) in [5.41, 5.74) is 0.441. The van der Waals surface area contributed by atoms with Gasteiger partial charge in [0.2, 0.25) is 5.43 Å². The highest BCUT2D eigenvalue weighted by atomic mass is 16.5. The number of Topliss-reactive ketones (excluding diaryl/α,β-unsaturated/α-hetero) is 1. The molecule has 0 fully saturated rings. The normalized spacial score (nSPS) is 10.9. The largest absolute Gasteiger partial charge is 0.507 e. The number of benzene rings is 2. The van der Waals surface area contributed by atoms with Gasteiger partial charge in [-0.3, -0.25) is 9.59 Å². The molecule has 0 unspecified atom stereocenters. The molecule has 0 amide bonds. The second-order valence-corrected chi connectivity index (χ2v) is 5.47. The van der Waals surface area contributed by atoms with Crippen molar-refractivity contribution in [3.63, 3.8) is 0 Å². The molecule has 122 valence electrons. The maximum absolute atomic E-state index is 12.8. The smallest absolute Gasteiger partial charge is 0.338 e. The van der Waals surface area contributed by atoms with Gasteiger partial charge in [-0.05, 0) is 36.8 Å². The number of hydrogen-bond acceptors (Lipinski definition) is 6. The van der Waals surface area contributed by atoms with Crippen molar-refractivity contribution in [1.82, 2.24) is 0 Å². The van der Waals surface area contributed by atoms with Crippen LogP contribution in [0.15, 0.2) is 39.5 Å². The molecule has 2 aromatic carbocycles. The van der Waals surface area contributed by atoms with Crippen molar-refractivity contribution in [1.29, 1.82) is 0 Å². The highest BCUT2D eigenvalue weighted by molar-refractivity contribution is 6.06. The first kappa shape index (κ1) is 15.7. The maximum Gasteiger partial charge on any atom is 0.338 e. The van der Waals surface area contributed by atoms with Gasteiger partial charge >= 0.3 is 5.97 Å². The van der Waals surface area contributed by atoms with Crippen LogP contribution in [-0.2, 0) is 16.0 Å². The number of phenols is 1. The van der Waals surface area contributed by atoms with E-state index in [0.29, 0.717) is 5.56 Å². The van der Waals surface area contributed by atoms with Crippen molar-refractivity contribution < 1.29 is 23.8 Å². The van der Waals surface area contributed by atoms with Gasteiger partial charge in [0.1, 0.15) is 28.1 Å². The summed E-state index contributed by atoms with van der Waals surface area (Å²) in [5.74, 6) is -1.04. The number of carbonyl (C=O) groups excluding carboxylic acids is 2. The van der Waals surface area contributed by atoms with E-state index < -0.39 is 11.4 Å². The number of fused-ring (bicyclic) bond motifs is 2. The Hall–Kier alpha value is -3.15. The minimum atomic E-state index is -0.667. The highest BCUT2D eigenvalue weighted by Crippen LogP contribution is 2.28.